The molecule has 1 N–H and O–H groups in total. The zero-order valence-corrected chi connectivity index (χ0v) is 16.0. The summed E-state index contributed by atoms with van der Waals surface area (Å²) in [6.45, 7) is 4.75. The van der Waals surface area contributed by atoms with E-state index in [4.69, 9.17) is 9.15 Å². The summed E-state index contributed by atoms with van der Waals surface area (Å²) in [7, 11) is 0. The molecule has 1 saturated heterocycles. The van der Waals surface area contributed by atoms with Crippen LogP contribution in [0.3, 0.4) is 0 Å². The Hall–Kier alpha value is -1.98. The van der Waals surface area contributed by atoms with Crippen LogP contribution >= 0.6 is 12.4 Å². The van der Waals surface area contributed by atoms with Gasteiger partial charge in [0, 0.05) is 6.54 Å². The molecule has 2 aromatic rings. The molecule has 1 unspecified atom stereocenters. The van der Waals surface area contributed by atoms with Crippen LogP contribution in [0.4, 0.5) is 0 Å². The smallest absolute Gasteiger partial charge is 0.258 e. The molecular formula is C20H27ClN2O3. The van der Waals surface area contributed by atoms with E-state index in [0.717, 1.165) is 31.0 Å². The van der Waals surface area contributed by atoms with Crippen molar-refractivity contribution in [2.45, 2.75) is 32.2 Å². The number of furan rings is 1. The minimum Gasteiger partial charge on any atom is -0.484 e. The van der Waals surface area contributed by atoms with E-state index in [9.17, 15) is 4.79 Å². The van der Waals surface area contributed by atoms with Crippen LogP contribution in [0.5, 0.6) is 5.75 Å². The standard InChI is InChI=1S/C20H26N2O3.ClH/c1-2-16-7-9-17(10-8-16)25-15-20(23)21-14-18(19-6-5-13-24-19)22-11-3-4-12-22;/h5-10,13,18H,2-4,11-12,14-15H2,1H3,(H,21,23);1H. The molecule has 5 nitrogen and oxygen atoms in total. The van der Waals surface area contributed by atoms with Gasteiger partial charge in [0.05, 0.1) is 12.3 Å². The van der Waals surface area contributed by atoms with Crippen molar-refractivity contribution in [2.24, 2.45) is 0 Å². The van der Waals surface area contributed by atoms with Gasteiger partial charge in [-0.2, -0.15) is 0 Å². The molecule has 1 aliphatic rings. The highest BCUT2D eigenvalue weighted by molar-refractivity contribution is 5.85. The van der Waals surface area contributed by atoms with Gasteiger partial charge in [0.25, 0.3) is 5.91 Å². The van der Waals surface area contributed by atoms with Crippen molar-refractivity contribution in [1.29, 1.82) is 0 Å². The summed E-state index contributed by atoms with van der Waals surface area (Å²) in [4.78, 5) is 14.5. The lowest BCUT2D eigenvalue weighted by molar-refractivity contribution is -0.123. The molecule has 3 rings (SSSR count). The average Bonchev–Trinajstić information content (AvgIpc) is 3.35. The van der Waals surface area contributed by atoms with Crippen molar-refractivity contribution >= 4 is 18.3 Å². The van der Waals surface area contributed by atoms with Crippen molar-refractivity contribution < 1.29 is 13.9 Å². The van der Waals surface area contributed by atoms with Crippen LogP contribution in [0.2, 0.25) is 0 Å². The van der Waals surface area contributed by atoms with Gasteiger partial charge < -0.3 is 14.5 Å². The molecule has 1 aromatic heterocycles. The summed E-state index contributed by atoms with van der Waals surface area (Å²) >= 11 is 0. The van der Waals surface area contributed by atoms with Crippen LogP contribution in [-0.4, -0.2) is 37.0 Å². The van der Waals surface area contributed by atoms with Gasteiger partial charge in [-0.25, -0.2) is 0 Å². The number of carbonyl (C=O) groups excluding carboxylic acids is 1. The maximum absolute atomic E-state index is 12.1. The lowest BCUT2D eigenvalue weighted by Crippen LogP contribution is -2.38. The summed E-state index contributed by atoms with van der Waals surface area (Å²) in [5, 5.41) is 2.98. The Balaban J connectivity index is 0.00000243. The maximum Gasteiger partial charge on any atom is 0.258 e. The van der Waals surface area contributed by atoms with Crippen LogP contribution in [0.1, 0.15) is 37.1 Å². The van der Waals surface area contributed by atoms with Crippen LogP contribution < -0.4 is 10.1 Å². The molecule has 26 heavy (non-hydrogen) atoms. The molecule has 0 saturated carbocycles. The van der Waals surface area contributed by atoms with Gasteiger partial charge in [0.2, 0.25) is 0 Å². The number of likely N-dealkylation sites (tertiary alicyclic amines) is 1. The molecule has 1 amide bonds. The van der Waals surface area contributed by atoms with Crippen molar-refractivity contribution in [1.82, 2.24) is 10.2 Å². The second-order valence-corrected chi connectivity index (χ2v) is 6.36. The third-order valence-corrected chi connectivity index (χ3v) is 4.65. The van der Waals surface area contributed by atoms with Gasteiger partial charge in [0.1, 0.15) is 11.5 Å². The Bertz CT molecular complexity index is 652. The molecule has 1 fully saturated rings. The SMILES string of the molecule is CCc1ccc(OCC(=O)NCC(c2ccco2)N2CCCC2)cc1.Cl. The normalized spacial score (nSPS) is 15.3. The Kier molecular flexibility index (Phi) is 8.01. The average molecular weight is 379 g/mol. The summed E-state index contributed by atoms with van der Waals surface area (Å²) in [6, 6.07) is 11.8. The minimum absolute atomic E-state index is 0. The number of nitrogens with zero attached hydrogens (tertiary/aromatic N) is 1. The van der Waals surface area contributed by atoms with Crippen molar-refractivity contribution in [2.75, 3.05) is 26.2 Å². The van der Waals surface area contributed by atoms with E-state index < -0.39 is 0 Å². The number of amides is 1. The van der Waals surface area contributed by atoms with E-state index in [1.165, 1.54) is 18.4 Å². The zero-order valence-electron chi connectivity index (χ0n) is 15.1. The van der Waals surface area contributed by atoms with Gasteiger partial charge in [-0.1, -0.05) is 19.1 Å². The molecule has 1 atom stereocenters. The van der Waals surface area contributed by atoms with Gasteiger partial charge in [0.15, 0.2) is 6.61 Å². The Morgan fingerprint density at radius 3 is 2.58 bits per heavy atom. The number of carbonyl (C=O) groups is 1. The summed E-state index contributed by atoms with van der Waals surface area (Å²) in [5.41, 5.74) is 1.25. The highest BCUT2D eigenvalue weighted by Crippen LogP contribution is 2.24. The lowest BCUT2D eigenvalue weighted by atomic mass is 10.2. The number of benzene rings is 1. The number of ether oxygens (including phenoxy) is 1. The third kappa shape index (κ3) is 5.51. The number of hydrogen-bond donors (Lipinski definition) is 1. The molecule has 0 aliphatic carbocycles. The first-order chi connectivity index (χ1) is 12.3. The first-order valence-corrected chi connectivity index (χ1v) is 9.02. The Morgan fingerprint density at radius 2 is 1.96 bits per heavy atom. The van der Waals surface area contributed by atoms with Crippen molar-refractivity contribution in [3.8, 4) is 5.75 Å². The first kappa shape index (κ1) is 20.3. The fourth-order valence-electron chi connectivity index (χ4n) is 3.18. The molecule has 0 spiro atoms. The number of hydrogen-bond acceptors (Lipinski definition) is 4. The second-order valence-electron chi connectivity index (χ2n) is 6.36. The van der Waals surface area contributed by atoms with Gasteiger partial charge in [-0.15, -0.1) is 12.4 Å². The minimum atomic E-state index is -0.115. The monoisotopic (exact) mass is 378 g/mol. The number of aryl methyl sites for hydroxylation is 1. The zero-order chi connectivity index (χ0) is 17.5. The third-order valence-electron chi connectivity index (χ3n) is 4.65. The summed E-state index contributed by atoms with van der Waals surface area (Å²) < 4.78 is 11.1. The van der Waals surface area contributed by atoms with E-state index >= 15 is 0 Å². The van der Waals surface area contributed by atoms with E-state index in [2.05, 4.69) is 17.1 Å². The van der Waals surface area contributed by atoms with E-state index in [0.29, 0.717) is 6.54 Å². The Labute approximate surface area is 161 Å². The summed E-state index contributed by atoms with van der Waals surface area (Å²) in [5.74, 6) is 1.50. The molecule has 0 radical (unpaired) electrons. The van der Waals surface area contributed by atoms with E-state index in [1.807, 2.05) is 36.4 Å². The molecular weight excluding hydrogens is 352 g/mol. The second kappa shape index (κ2) is 10.2. The molecule has 0 bridgehead atoms. The molecule has 2 heterocycles. The van der Waals surface area contributed by atoms with E-state index in [1.54, 1.807) is 6.26 Å². The molecule has 6 heteroatoms. The molecule has 1 aliphatic heterocycles. The molecule has 142 valence electrons. The predicted molar refractivity (Wildman–Crippen MR) is 104 cm³/mol. The lowest BCUT2D eigenvalue weighted by Gasteiger charge is -2.26. The van der Waals surface area contributed by atoms with Crippen LogP contribution in [0.15, 0.2) is 47.1 Å². The van der Waals surface area contributed by atoms with Crippen LogP contribution in [-0.2, 0) is 11.2 Å². The number of halogens is 1. The highest BCUT2D eigenvalue weighted by Gasteiger charge is 2.25. The van der Waals surface area contributed by atoms with E-state index in [-0.39, 0.29) is 31.0 Å². The molecule has 1 aromatic carbocycles. The van der Waals surface area contributed by atoms with Gasteiger partial charge in [-0.05, 0) is 62.2 Å². The highest BCUT2D eigenvalue weighted by atomic mass is 35.5. The van der Waals surface area contributed by atoms with Crippen LogP contribution in [0.25, 0.3) is 0 Å². The summed E-state index contributed by atoms with van der Waals surface area (Å²) in [6.07, 6.45) is 5.07. The first-order valence-electron chi connectivity index (χ1n) is 9.02. The van der Waals surface area contributed by atoms with Crippen LogP contribution in [0, 0.1) is 0 Å². The number of nitrogens with one attached hydrogen (secondary N) is 1. The van der Waals surface area contributed by atoms with Crippen molar-refractivity contribution in [3.05, 3.63) is 54.0 Å². The predicted octanol–water partition coefficient (Wildman–Crippen LogP) is 3.60. The Morgan fingerprint density at radius 1 is 1.23 bits per heavy atom. The topological polar surface area (TPSA) is 54.7 Å². The fourth-order valence-corrected chi connectivity index (χ4v) is 3.18. The number of rotatable bonds is 8. The van der Waals surface area contributed by atoms with Crippen molar-refractivity contribution in [3.63, 3.8) is 0 Å². The van der Waals surface area contributed by atoms with Gasteiger partial charge in [-0.3, -0.25) is 9.69 Å². The fraction of sp³-hybridized carbons (Fsp3) is 0.450. The quantitative estimate of drug-likeness (QED) is 0.762. The van der Waals surface area contributed by atoms with Gasteiger partial charge >= 0.3 is 0 Å². The largest absolute Gasteiger partial charge is 0.484 e. The maximum atomic E-state index is 12.1.